The second-order valence-electron chi connectivity index (χ2n) is 6.23. The third-order valence-corrected chi connectivity index (χ3v) is 3.74. The van der Waals surface area contributed by atoms with E-state index >= 15 is 0 Å². The molecule has 114 valence electrons. The molecule has 20 heavy (non-hydrogen) atoms. The van der Waals surface area contributed by atoms with Crippen molar-refractivity contribution < 1.29 is 4.52 Å². The Labute approximate surface area is 121 Å². The van der Waals surface area contributed by atoms with Crippen molar-refractivity contribution in [2.45, 2.75) is 32.9 Å². The highest BCUT2D eigenvalue weighted by Gasteiger charge is 2.24. The number of hydrogen-bond donors (Lipinski definition) is 1. The predicted molar refractivity (Wildman–Crippen MR) is 78.5 cm³/mol. The van der Waals surface area contributed by atoms with Crippen molar-refractivity contribution in [1.29, 1.82) is 0 Å². The van der Waals surface area contributed by atoms with E-state index in [9.17, 15) is 0 Å². The molecule has 0 amide bonds. The molecule has 0 aliphatic carbocycles. The van der Waals surface area contributed by atoms with E-state index in [-0.39, 0.29) is 0 Å². The van der Waals surface area contributed by atoms with Crippen LogP contribution in [0.15, 0.2) is 4.52 Å². The van der Waals surface area contributed by atoms with Crippen LogP contribution in [0.2, 0.25) is 0 Å². The largest absolute Gasteiger partial charge is 0.338 e. The van der Waals surface area contributed by atoms with E-state index in [0.717, 1.165) is 38.4 Å². The number of hydrogen-bond acceptors (Lipinski definition) is 6. The Kier molecular flexibility index (Phi) is 5.51. The van der Waals surface area contributed by atoms with E-state index < -0.39 is 0 Å². The molecule has 2 rings (SSSR count). The van der Waals surface area contributed by atoms with Crippen LogP contribution in [-0.2, 0) is 13.0 Å². The smallest absolute Gasteiger partial charge is 0.240 e. The minimum absolute atomic E-state index is 0.475. The summed E-state index contributed by atoms with van der Waals surface area (Å²) in [7, 11) is 4.33. The third-order valence-electron chi connectivity index (χ3n) is 3.74. The van der Waals surface area contributed by atoms with Gasteiger partial charge in [-0.3, -0.25) is 0 Å². The lowest BCUT2D eigenvalue weighted by atomic mass is 10.1. The summed E-state index contributed by atoms with van der Waals surface area (Å²) in [5.74, 6) is 2.13. The lowest BCUT2D eigenvalue weighted by Crippen LogP contribution is -2.50. The van der Waals surface area contributed by atoms with E-state index in [4.69, 9.17) is 4.52 Å². The first kappa shape index (κ1) is 15.4. The molecular weight excluding hydrogens is 254 g/mol. The quantitative estimate of drug-likeness (QED) is 0.824. The fourth-order valence-corrected chi connectivity index (χ4v) is 2.45. The summed E-state index contributed by atoms with van der Waals surface area (Å²) in [4.78, 5) is 9.21. The van der Waals surface area contributed by atoms with Crippen LogP contribution in [-0.4, -0.2) is 66.3 Å². The van der Waals surface area contributed by atoms with Gasteiger partial charge in [-0.15, -0.1) is 0 Å². The van der Waals surface area contributed by atoms with Crippen molar-refractivity contribution in [3.8, 4) is 0 Å². The van der Waals surface area contributed by atoms with Gasteiger partial charge in [0.15, 0.2) is 5.82 Å². The van der Waals surface area contributed by atoms with Gasteiger partial charge < -0.3 is 19.6 Å². The molecule has 1 aliphatic rings. The third kappa shape index (κ3) is 4.54. The molecule has 6 nitrogen and oxygen atoms in total. The summed E-state index contributed by atoms with van der Waals surface area (Å²) in [6, 6.07) is 0.475. The molecule has 1 aliphatic heterocycles. The van der Waals surface area contributed by atoms with Crippen LogP contribution in [0.1, 0.15) is 25.6 Å². The van der Waals surface area contributed by atoms with Crippen molar-refractivity contribution >= 4 is 0 Å². The zero-order valence-corrected chi connectivity index (χ0v) is 13.1. The highest BCUT2D eigenvalue weighted by atomic mass is 16.5. The molecule has 1 unspecified atom stereocenters. The minimum Gasteiger partial charge on any atom is -0.338 e. The Hall–Kier alpha value is -0.980. The molecular formula is C14H27N5O. The maximum atomic E-state index is 5.29. The Balaban J connectivity index is 1.82. The summed E-state index contributed by atoms with van der Waals surface area (Å²) in [5.41, 5.74) is 0. The van der Waals surface area contributed by atoms with Crippen LogP contribution < -0.4 is 5.32 Å². The topological polar surface area (TPSA) is 57.4 Å². The van der Waals surface area contributed by atoms with Gasteiger partial charge in [0.05, 0.1) is 6.54 Å². The molecule has 1 saturated heterocycles. The van der Waals surface area contributed by atoms with Crippen LogP contribution in [0.25, 0.3) is 0 Å². The van der Waals surface area contributed by atoms with Gasteiger partial charge in [-0.25, -0.2) is 0 Å². The number of nitrogens with one attached hydrogen (secondary N) is 1. The molecule has 1 aromatic rings. The van der Waals surface area contributed by atoms with Gasteiger partial charge in [0.1, 0.15) is 0 Å². The predicted octanol–water partition coefficient (Wildman–Crippen LogP) is 0.604. The lowest BCUT2D eigenvalue weighted by Gasteiger charge is -2.37. The molecule has 0 saturated carbocycles. The van der Waals surface area contributed by atoms with Crippen molar-refractivity contribution in [1.82, 2.24) is 25.3 Å². The van der Waals surface area contributed by atoms with E-state index in [1.54, 1.807) is 0 Å². The Morgan fingerprint density at radius 1 is 1.35 bits per heavy atom. The van der Waals surface area contributed by atoms with E-state index in [2.05, 4.69) is 53.2 Å². The van der Waals surface area contributed by atoms with Crippen molar-refractivity contribution in [3.05, 3.63) is 11.7 Å². The van der Waals surface area contributed by atoms with Gasteiger partial charge in [-0.05, 0) is 26.6 Å². The fraction of sp³-hybridized carbons (Fsp3) is 0.857. The summed E-state index contributed by atoms with van der Waals surface area (Å²) in [6.45, 7) is 9.28. The molecule has 1 N–H and O–H groups in total. The van der Waals surface area contributed by atoms with Crippen LogP contribution in [0.3, 0.4) is 0 Å². The fourth-order valence-electron chi connectivity index (χ4n) is 2.45. The second kappa shape index (κ2) is 7.15. The monoisotopic (exact) mass is 281 g/mol. The molecule has 0 radical (unpaired) electrons. The molecule has 1 fully saturated rings. The number of rotatable bonds is 6. The average Bonchev–Trinajstić information content (AvgIpc) is 2.81. The van der Waals surface area contributed by atoms with Crippen molar-refractivity contribution in [2.24, 2.45) is 5.92 Å². The van der Waals surface area contributed by atoms with Gasteiger partial charge in [0.2, 0.25) is 5.89 Å². The normalized spacial score (nSPS) is 21.8. The molecule has 0 aromatic carbocycles. The number of piperazine rings is 1. The van der Waals surface area contributed by atoms with Gasteiger partial charge in [0.25, 0.3) is 0 Å². The Morgan fingerprint density at radius 2 is 2.15 bits per heavy atom. The molecule has 1 aromatic heterocycles. The second-order valence-corrected chi connectivity index (χ2v) is 6.23. The van der Waals surface area contributed by atoms with Gasteiger partial charge in [-0.2, -0.15) is 4.98 Å². The number of likely N-dealkylation sites (N-methyl/N-ethyl adjacent to an activating group) is 2. The van der Waals surface area contributed by atoms with Gasteiger partial charge >= 0.3 is 0 Å². The Bertz CT molecular complexity index is 406. The standard InChI is InChI=1S/C14H27N5O/c1-11(2)8-15-9-14-16-13(17-20-14)7-12-10-18(3)5-6-19(12)4/h11-12,15H,5-10H2,1-4H3. The summed E-state index contributed by atoms with van der Waals surface area (Å²) < 4.78 is 5.29. The molecule has 6 heteroatoms. The van der Waals surface area contributed by atoms with Gasteiger partial charge in [-0.1, -0.05) is 19.0 Å². The molecule has 2 heterocycles. The number of aromatic nitrogens is 2. The van der Waals surface area contributed by atoms with E-state index in [1.807, 2.05) is 0 Å². The first-order valence-corrected chi connectivity index (χ1v) is 7.45. The number of nitrogens with zero attached hydrogens (tertiary/aromatic N) is 4. The molecule has 0 bridgehead atoms. The van der Waals surface area contributed by atoms with Crippen LogP contribution in [0.5, 0.6) is 0 Å². The molecule has 0 spiro atoms. The average molecular weight is 281 g/mol. The van der Waals surface area contributed by atoms with Crippen molar-refractivity contribution in [3.63, 3.8) is 0 Å². The summed E-state index contributed by atoms with van der Waals surface area (Å²) in [5, 5.41) is 7.42. The molecule has 1 atom stereocenters. The SMILES string of the molecule is CC(C)CNCc1nc(CC2CN(C)CCN2C)no1. The minimum atomic E-state index is 0.475. The highest BCUT2D eigenvalue weighted by Crippen LogP contribution is 2.11. The maximum Gasteiger partial charge on any atom is 0.240 e. The van der Waals surface area contributed by atoms with Crippen LogP contribution in [0, 0.1) is 5.92 Å². The first-order chi connectivity index (χ1) is 9.54. The summed E-state index contributed by atoms with van der Waals surface area (Å²) in [6.07, 6.45) is 0.856. The van der Waals surface area contributed by atoms with Crippen molar-refractivity contribution in [2.75, 3.05) is 40.3 Å². The summed E-state index contributed by atoms with van der Waals surface area (Å²) >= 11 is 0. The van der Waals surface area contributed by atoms with E-state index in [1.165, 1.54) is 0 Å². The Morgan fingerprint density at radius 3 is 2.90 bits per heavy atom. The van der Waals surface area contributed by atoms with Crippen LogP contribution in [0.4, 0.5) is 0 Å². The lowest BCUT2D eigenvalue weighted by molar-refractivity contribution is 0.113. The van der Waals surface area contributed by atoms with E-state index in [0.29, 0.717) is 24.4 Å². The van der Waals surface area contributed by atoms with Gasteiger partial charge in [0, 0.05) is 32.1 Å². The zero-order chi connectivity index (χ0) is 14.5. The first-order valence-electron chi connectivity index (χ1n) is 7.45. The highest BCUT2D eigenvalue weighted by molar-refractivity contribution is 4.93. The van der Waals surface area contributed by atoms with Crippen LogP contribution >= 0.6 is 0 Å². The zero-order valence-electron chi connectivity index (χ0n) is 13.1. The maximum absolute atomic E-state index is 5.29.